The Morgan fingerprint density at radius 2 is 2.06 bits per heavy atom. The highest BCUT2D eigenvalue weighted by Crippen LogP contribution is 2.32. The summed E-state index contributed by atoms with van der Waals surface area (Å²) in [6, 6.07) is 4.98. The highest BCUT2D eigenvalue weighted by Gasteiger charge is 2.20. The van der Waals surface area contributed by atoms with E-state index in [0.717, 1.165) is 0 Å². The van der Waals surface area contributed by atoms with Crippen molar-refractivity contribution >= 4 is 51.7 Å². The molecule has 2 aromatic rings. The molecule has 0 N–H and O–H groups in total. The third-order valence-electron chi connectivity index (χ3n) is 2.32. The van der Waals surface area contributed by atoms with E-state index in [1.54, 1.807) is 25.1 Å². The van der Waals surface area contributed by atoms with Crippen LogP contribution in [0.2, 0.25) is 15.2 Å². The van der Waals surface area contributed by atoms with Gasteiger partial charge in [0.25, 0.3) is 0 Å². The summed E-state index contributed by atoms with van der Waals surface area (Å²) < 4.78 is 4.89. The number of rotatable bonds is 2. The molecule has 0 bridgehead atoms. The number of carbonyl (C=O) groups excluding carboxylic acids is 1. The molecule has 0 aliphatic carbocycles. The van der Waals surface area contributed by atoms with Crippen LogP contribution in [-0.4, -0.2) is 17.6 Å². The number of carbonyl (C=O) groups is 1. The number of benzene rings is 1. The molecule has 1 aromatic heterocycles. The van der Waals surface area contributed by atoms with Crippen LogP contribution >= 0.6 is 34.8 Å². The van der Waals surface area contributed by atoms with Gasteiger partial charge in [0.2, 0.25) is 0 Å². The number of esters is 1. The van der Waals surface area contributed by atoms with Crippen molar-refractivity contribution < 1.29 is 9.53 Å². The first-order valence-electron chi connectivity index (χ1n) is 5.16. The Morgan fingerprint density at radius 3 is 2.72 bits per heavy atom. The quantitative estimate of drug-likeness (QED) is 0.611. The maximum absolute atomic E-state index is 11.7. The number of hydrogen-bond acceptors (Lipinski definition) is 3. The van der Waals surface area contributed by atoms with Crippen LogP contribution in [0.1, 0.15) is 17.3 Å². The van der Waals surface area contributed by atoms with Gasteiger partial charge in [0.05, 0.1) is 17.1 Å². The topological polar surface area (TPSA) is 39.2 Å². The van der Waals surface area contributed by atoms with Gasteiger partial charge >= 0.3 is 5.97 Å². The molecular weight excluding hydrogens is 296 g/mol. The van der Waals surface area contributed by atoms with Gasteiger partial charge in [-0.25, -0.2) is 9.78 Å². The van der Waals surface area contributed by atoms with E-state index in [9.17, 15) is 4.79 Å². The molecule has 0 aliphatic rings. The van der Waals surface area contributed by atoms with Crippen LogP contribution in [0.15, 0.2) is 18.2 Å². The van der Waals surface area contributed by atoms with Crippen LogP contribution in [0.3, 0.4) is 0 Å². The summed E-state index contributed by atoms with van der Waals surface area (Å²) in [5.41, 5.74) is 0.612. The molecule has 1 aromatic carbocycles. The Balaban J connectivity index is 2.69. The number of halogens is 3. The SMILES string of the molecule is CCOC(=O)c1c(Cl)nc2cc(Cl)ccc2c1Cl. The molecule has 0 saturated heterocycles. The Labute approximate surface area is 119 Å². The number of pyridine rings is 1. The van der Waals surface area contributed by atoms with E-state index >= 15 is 0 Å². The number of hydrogen-bond donors (Lipinski definition) is 0. The van der Waals surface area contributed by atoms with E-state index in [1.807, 2.05) is 0 Å². The minimum Gasteiger partial charge on any atom is -0.462 e. The summed E-state index contributed by atoms with van der Waals surface area (Å²) in [5, 5.41) is 1.35. The minimum absolute atomic E-state index is 0.00761. The molecule has 0 radical (unpaired) electrons. The number of fused-ring (bicyclic) bond motifs is 1. The number of ether oxygens (including phenoxy) is 1. The standard InChI is InChI=1S/C12H8Cl3NO2/c1-2-18-12(17)9-10(14)7-4-3-6(13)5-8(7)16-11(9)15/h3-5H,2H2,1H3. The van der Waals surface area contributed by atoms with Gasteiger partial charge in [0.1, 0.15) is 10.7 Å². The molecule has 0 saturated carbocycles. The first-order chi connectivity index (χ1) is 8.54. The fourth-order valence-electron chi connectivity index (χ4n) is 1.55. The zero-order valence-electron chi connectivity index (χ0n) is 9.34. The molecule has 2 rings (SSSR count). The lowest BCUT2D eigenvalue weighted by molar-refractivity contribution is 0.0526. The molecule has 0 amide bonds. The first kappa shape index (κ1) is 13.4. The molecule has 3 nitrogen and oxygen atoms in total. The van der Waals surface area contributed by atoms with Gasteiger partial charge < -0.3 is 4.74 Å². The Kier molecular flexibility index (Phi) is 3.95. The summed E-state index contributed by atoms with van der Waals surface area (Å²) in [5.74, 6) is -0.586. The maximum atomic E-state index is 11.7. The van der Waals surface area contributed by atoms with Crippen LogP contribution in [0.5, 0.6) is 0 Å². The van der Waals surface area contributed by atoms with Crippen molar-refractivity contribution in [3.8, 4) is 0 Å². The predicted octanol–water partition coefficient (Wildman–Crippen LogP) is 4.37. The van der Waals surface area contributed by atoms with Gasteiger partial charge in [-0.15, -0.1) is 0 Å². The molecule has 0 unspecified atom stereocenters. The van der Waals surface area contributed by atoms with E-state index in [0.29, 0.717) is 15.9 Å². The van der Waals surface area contributed by atoms with Gasteiger partial charge in [-0.2, -0.15) is 0 Å². The van der Waals surface area contributed by atoms with E-state index in [4.69, 9.17) is 39.5 Å². The summed E-state index contributed by atoms with van der Waals surface area (Å²) in [6.45, 7) is 1.94. The Bertz CT molecular complexity index is 628. The lowest BCUT2D eigenvalue weighted by Gasteiger charge is -2.08. The van der Waals surface area contributed by atoms with E-state index in [1.165, 1.54) is 0 Å². The second-order valence-corrected chi connectivity index (χ2v) is 4.65. The molecule has 1 heterocycles. The summed E-state index contributed by atoms with van der Waals surface area (Å²) in [6.07, 6.45) is 0. The average molecular weight is 305 g/mol. The van der Waals surface area contributed by atoms with Crippen molar-refractivity contribution in [3.63, 3.8) is 0 Å². The fraction of sp³-hybridized carbons (Fsp3) is 0.167. The molecule has 18 heavy (non-hydrogen) atoms. The summed E-state index contributed by atoms with van der Waals surface area (Å²) in [7, 11) is 0. The van der Waals surface area contributed by atoms with Gasteiger partial charge in [-0.3, -0.25) is 0 Å². The molecule has 0 atom stereocenters. The van der Waals surface area contributed by atoms with Crippen LogP contribution in [-0.2, 0) is 4.74 Å². The van der Waals surface area contributed by atoms with Crippen molar-refractivity contribution in [1.29, 1.82) is 0 Å². The molecule has 0 fully saturated rings. The summed E-state index contributed by atoms with van der Waals surface area (Å²) in [4.78, 5) is 15.8. The Morgan fingerprint density at radius 1 is 1.33 bits per heavy atom. The molecular formula is C12H8Cl3NO2. The Hall–Kier alpha value is -1.03. The zero-order valence-corrected chi connectivity index (χ0v) is 11.6. The van der Waals surface area contributed by atoms with E-state index < -0.39 is 5.97 Å². The van der Waals surface area contributed by atoms with Gasteiger partial charge in [-0.1, -0.05) is 34.8 Å². The average Bonchev–Trinajstić information content (AvgIpc) is 2.28. The molecule has 94 valence electrons. The monoisotopic (exact) mass is 303 g/mol. The molecule has 6 heteroatoms. The van der Waals surface area contributed by atoms with Crippen molar-refractivity contribution in [3.05, 3.63) is 39.0 Å². The molecule has 0 spiro atoms. The maximum Gasteiger partial charge on any atom is 0.342 e. The number of nitrogens with zero attached hydrogens (tertiary/aromatic N) is 1. The van der Waals surface area contributed by atoms with E-state index in [2.05, 4.69) is 4.98 Å². The van der Waals surface area contributed by atoms with Crippen molar-refractivity contribution in [2.45, 2.75) is 6.92 Å². The molecule has 0 aliphatic heterocycles. The van der Waals surface area contributed by atoms with Crippen molar-refractivity contribution in [2.75, 3.05) is 6.61 Å². The third kappa shape index (κ3) is 2.39. The number of aromatic nitrogens is 1. The second-order valence-electron chi connectivity index (χ2n) is 3.47. The van der Waals surface area contributed by atoms with Gasteiger partial charge in [-0.05, 0) is 25.1 Å². The second kappa shape index (κ2) is 5.31. The lowest BCUT2D eigenvalue weighted by Crippen LogP contribution is -2.07. The van der Waals surface area contributed by atoms with Crippen LogP contribution < -0.4 is 0 Å². The highest BCUT2D eigenvalue weighted by atomic mass is 35.5. The van der Waals surface area contributed by atoms with Crippen molar-refractivity contribution in [2.24, 2.45) is 0 Å². The van der Waals surface area contributed by atoms with Crippen molar-refractivity contribution in [1.82, 2.24) is 4.98 Å². The highest BCUT2D eigenvalue weighted by molar-refractivity contribution is 6.42. The normalized spacial score (nSPS) is 10.7. The largest absolute Gasteiger partial charge is 0.462 e. The van der Waals surface area contributed by atoms with Gasteiger partial charge in [0.15, 0.2) is 0 Å². The fourth-order valence-corrected chi connectivity index (χ4v) is 2.35. The van der Waals surface area contributed by atoms with Crippen LogP contribution in [0, 0.1) is 0 Å². The third-order valence-corrected chi connectivity index (χ3v) is 3.22. The lowest BCUT2D eigenvalue weighted by atomic mass is 10.1. The smallest absolute Gasteiger partial charge is 0.342 e. The zero-order chi connectivity index (χ0) is 13.3. The van der Waals surface area contributed by atoms with Crippen LogP contribution in [0.25, 0.3) is 10.9 Å². The van der Waals surface area contributed by atoms with E-state index in [-0.39, 0.29) is 22.3 Å². The first-order valence-corrected chi connectivity index (χ1v) is 6.29. The minimum atomic E-state index is -0.586. The summed E-state index contributed by atoms with van der Waals surface area (Å²) >= 11 is 18.0. The van der Waals surface area contributed by atoms with Gasteiger partial charge in [0, 0.05) is 10.4 Å². The van der Waals surface area contributed by atoms with Crippen LogP contribution in [0.4, 0.5) is 0 Å². The predicted molar refractivity (Wildman–Crippen MR) is 72.7 cm³/mol.